The Hall–Kier alpha value is -1.15. The largest absolute Gasteiger partial charge is 0.394 e. The van der Waals surface area contributed by atoms with Crippen molar-refractivity contribution in [1.82, 2.24) is 5.32 Å². The number of hydrogen-bond acceptors (Lipinski definition) is 10. The van der Waals surface area contributed by atoms with Gasteiger partial charge in [0.05, 0.1) is 25.4 Å². The van der Waals surface area contributed by atoms with Crippen molar-refractivity contribution in [2.45, 2.75) is 223 Å². The van der Waals surface area contributed by atoms with Crippen LogP contribution in [0.2, 0.25) is 0 Å². The number of ether oxygens (including phenoxy) is 2. The second kappa shape index (κ2) is 31.2. The fraction of sp³-hybridized carbons (Fsp3) is 0.925. The van der Waals surface area contributed by atoms with Crippen molar-refractivity contribution in [3.05, 3.63) is 12.2 Å². The molecule has 0 saturated carbocycles. The predicted octanol–water partition coefficient (Wildman–Crippen LogP) is 5.33. The number of allylic oxidation sites excluding steroid dienone is 2. The van der Waals surface area contributed by atoms with Gasteiger partial charge in [0.1, 0.15) is 36.6 Å². The van der Waals surface area contributed by atoms with E-state index in [0.717, 1.165) is 38.5 Å². The molecule has 1 amide bonds. The first-order valence-corrected chi connectivity index (χ1v) is 20.6. The molecule has 1 aliphatic heterocycles. The minimum atomic E-state index is -1.66. The maximum absolute atomic E-state index is 12.9. The first-order chi connectivity index (χ1) is 24.7. The van der Waals surface area contributed by atoms with Gasteiger partial charge in [0.25, 0.3) is 0 Å². The Kier molecular flexibility index (Phi) is 29.3. The first kappa shape index (κ1) is 47.9. The number of rotatable bonds is 33. The van der Waals surface area contributed by atoms with Gasteiger partial charge in [0.2, 0.25) is 5.91 Å². The standard InChI is InChI=1S/C40H77NO10/c1-3-5-7-9-11-13-14-15-16-17-18-19-20-22-23-25-27-32(43)35(45)31(30-50-40-38(48)37(47)36(46)34(29-42)51-40)41-39(49)33(44)28-26-24-21-12-10-8-6-4-2/h20,22,31-38,40,42-48H,3-19,21,23-30H2,1-2H3,(H,41,49)/b22-20+. The van der Waals surface area contributed by atoms with Crippen LogP contribution in [0.5, 0.6) is 0 Å². The molecule has 1 saturated heterocycles. The number of aliphatic hydroxyl groups excluding tert-OH is 7. The molecule has 1 fully saturated rings. The van der Waals surface area contributed by atoms with Gasteiger partial charge in [-0.1, -0.05) is 142 Å². The summed E-state index contributed by atoms with van der Waals surface area (Å²) in [6, 6.07) is -1.18. The highest BCUT2D eigenvalue weighted by atomic mass is 16.7. The van der Waals surface area contributed by atoms with Crippen LogP contribution in [-0.2, 0) is 14.3 Å². The number of nitrogens with one attached hydrogen (secondary N) is 1. The molecule has 302 valence electrons. The fourth-order valence-corrected chi connectivity index (χ4v) is 6.56. The molecule has 1 rings (SSSR count). The minimum Gasteiger partial charge on any atom is -0.394 e. The molecule has 8 N–H and O–H groups in total. The molecule has 1 heterocycles. The van der Waals surface area contributed by atoms with E-state index >= 15 is 0 Å². The average Bonchev–Trinajstić information content (AvgIpc) is 3.13. The molecule has 0 bridgehead atoms. The molecule has 9 atom stereocenters. The monoisotopic (exact) mass is 732 g/mol. The predicted molar refractivity (Wildman–Crippen MR) is 201 cm³/mol. The lowest BCUT2D eigenvalue weighted by atomic mass is 9.98. The highest BCUT2D eigenvalue weighted by Crippen LogP contribution is 2.23. The van der Waals surface area contributed by atoms with Crippen molar-refractivity contribution in [3.8, 4) is 0 Å². The van der Waals surface area contributed by atoms with Crippen LogP contribution in [0.3, 0.4) is 0 Å². The van der Waals surface area contributed by atoms with E-state index in [9.17, 15) is 40.5 Å². The van der Waals surface area contributed by atoms with Crippen molar-refractivity contribution in [2.75, 3.05) is 13.2 Å². The van der Waals surface area contributed by atoms with Crippen LogP contribution in [0.15, 0.2) is 12.2 Å². The zero-order chi connectivity index (χ0) is 37.7. The minimum absolute atomic E-state index is 0.255. The summed E-state index contributed by atoms with van der Waals surface area (Å²) in [4.78, 5) is 12.9. The summed E-state index contributed by atoms with van der Waals surface area (Å²) < 4.78 is 11.0. The van der Waals surface area contributed by atoms with Crippen LogP contribution in [0.25, 0.3) is 0 Å². The third-order valence-electron chi connectivity index (χ3n) is 10.1. The highest BCUT2D eigenvalue weighted by Gasteiger charge is 2.44. The molecule has 0 aliphatic carbocycles. The van der Waals surface area contributed by atoms with Crippen molar-refractivity contribution in [1.29, 1.82) is 0 Å². The van der Waals surface area contributed by atoms with E-state index in [0.29, 0.717) is 12.8 Å². The highest BCUT2D eigenvalue weighted by molar-refractivity contribution is 5.80. The smallest absolute Gasteiger partial charge is 0.249 e. The molecule has 0 spiro atoms. The van der Waals surface area contributed by atoms with Crippen LogP contribution in [0, 0.1) is 0 Å². The topological polar surface area (TPSA) is 189 Å². The van der Waals surface area contributed by atoms with Gasteiger partial charge in [-0.15, -0.1) is 0 Å². The van der Waals surface area contributed by atoms with Crippen molar-refractivity contribution < 1.29 is 50.0 Å². The van der Waals surface area contributed by atoms with E-state index in [2.05, 4.69) is 31.3 Å². The lowest BCUT2D eigenvalue weighted by Gasteiger charge is -2.40. The number of amides is 1. The van der Waals surface area contributed by atoms with Crippen molar-refractivity contribution in [2.24, 2.45) is 0 Å². The summed E-state index contributed by atoms with van der Waals surface area (Å²) in [5.41, 5.74) is 0. The van der Waals surface area contributed by atoms with E-state index < -0.39 is 74.2 Å². The van der Waals surface area contributed by atoms with Crippen molar-refractivity contribution >= 4 is 5.91 Å². The van der Waals surface area contributed by atoms with E-state index in [4.69, 9.17) is 9.47 Å². The van der Waals surface area contributed by atoms with E-state index in [1.165, 1.54) is 89.9 Å². The SMILES string of the molecule is CCCCCCCCCCCCC/C=C/CCCC(O)C(O)C(COC1OC(CO)C(O)C(O)C1O)NC(=O)C(O)CCCCCCCCCC. The molecule has 11 nitrogen and oxygen atoms in total. The maximum atomic E-state index is 12.9. The Morgan fingerprint density at radius 1 is 0.667 bits per heavy atom. The van der Waals surface area contributed by atoms with Gasteiger partial charge in [-0.3, -0.25) is 4.79 Å². The number of unbranched alkanes of at least 4 members (excludes halogenated alkanes) is 19. The van der Waals surface area contributed by atoms with Crippen LogP contribution in [0.4, 0.5) is 0 Å². The summed E-state index contributed by atoms with van der Waals surface area (Å²) in [5.74, 6) is -0.711. The normalized spacial score (nSPS) is 23.4. The van der Waals surface area contributed by atoms with E-state index in [1.54, 1.807) is 0 Å². The molecular formula is C40H77NO10. The Morgan fingerprint density at radius 2 is 1.16 bits per heavy atom. The van der Waals surface area contributed by atoms with Gasteiger partial charge >= 0.3 is 0 Å². The fourth-order valence-electron chi connectivity index (χ4n) is 6.56. The third-order valence-corrected chi connectivity index (χ3v) is 10.1. The van der Waals surface area contributed by atoms with Gasteiger partial charge in [-0.05, 0) is 38.5 Å². The molecule has 0 radical (unpaired) electrons. The zero-order valence-corrected chi connectivity index (χ0v) is 32.1. The molecular weight excluding hydrogens is 654 g/mol. The van der Waals surface area contributed by atoms with Crippen LogP contribution >= 0.6 is 0 Å². The Balaban J connectivity index is 2.53. The lowest BCUT2D eigenvalue weighted by Crippen LogP contribution is -2.60. The Morgan fingerprint density at radius 3 is 1.69 bits per heavy atom. The number of carbonyl (C=O) groups is 1. The number of carbonyl (C=O) groups excluding carboxylic acids is 1. The average molecular weight is 732 g/mol. The summed E-state index contributed by atoms with van der Waals surface area (Å²) >= 11 is 0. The number of hydrogen-bond donors (Lipinski definition) is 8. The number of aliphatic hydroxyl groups is 7. The molecule has 51 heavy (non-hydrogen) atoms. The third kappa shape index (κ3) is 22.0. The molecule has 9 unspecified atom stereocenters. The molecule has 0 aromatic rings. The quantitative estimate of drug-likeness (QED) is 0.0324. The second-order valence-electron chi connectivity index (χ2n) is 14.7. The van der Waals surface area contributed by atoms with E-state index in [1.807, 2.05) is 0 Å². The van der Waals surface area contributed by atoms with Crippen molar-refractivity contribution in [3.63, 3.8) is 0 Å². The maximum Gasteiger partial charge on any atom is 0.249 e. The van der Waals surface area contributed by atoms with Crippen LogP contribution in [0.1, 0.15) is 168 Å². The van der Waals surface area contributed by atoms with Gasteiger partial charge < -0.3 is 50.5 Å². The van der Waals surface area contributed by atoms with Crippen LogP contribution in [-0.4, -0.2) is 110 Å². The Bertz CT molecular complexity index is 846. The molecule has 0 aromatic heterocycles. The summed E-state index contributed by atoms with van der Waals surface area (Å²) in [7, 11) is 0. The molecule has 11 heteroatoms. The molecule has 1 aliphatic rings. The van der Waals surface area contributed by atoms with Gasteiger partial charge in [0.15, 0.2) is 6.29 Å². The lowest BCUT2D eigenvalue weighted by molar-refractivity contribution is -0.303. The summed E-state index contributed by atoms with van der Waals surface area (Å²) in [6.07, 6.45) is 18.6. The molecule has 0 aromatic carbocycles. The summed E-state index contributed by atoms with van der Waals surface area (Å²) in [6.45, 7) is 3.36. The Labute approximate surface area is 309 Å². The zero-order valence-electron chi connectivity index (χ0n) is 32.1. The van der Waals surface area contributed by atoms with Gasteiger partial charge in [-0.2, -0.15) is 0 Å². The first-order valence-electron chi connectivity index (χ1n) is 20.6. The van der Waals surface area contributed by atoms with Crippen LogP contribution < -0.4 is 5.32 Å². The van der Waals surface area contributed by atoms with Gasteiger partial charge in [0, 0.05) is 0 Å². The van der Waals surface area contributed by atoms with E-state index in [-0.39, 0.29) is 12.8 Å². The summed E-state index contributed by atoms with van der Waals surface area (Å²) in [5, 5.41) is 75.1. The van der Waals surface area contributed by atoms with Gasteiger partial charge in [-0.25, -0.2) is 0 Å². The second-order valence-corrected chi connectivity index (χ2v) is 14.7.